The summed E-state index contributed by atoms with van der Waals surface area (Å²) in [5.74, 6) is -3.66. The highest BCUT2D eigenvalue weighted by molar-refractivity contribution is 6.19. The number of nitrogens with zero attached hydrogens (tertiary/aromatic N) is 4. The average molecular weight is 1210 g/mol. The molecule has 2 N–H and O–H groups in total. The van der Waals surface area contributed by atoms with Crippen LogP contribution in [0.1, 0.15) is 115 Å². The number of carbonyl (C=O) groups is 4. The summed E-state index contributed by atoms with van der Waals surface area (Å²) in [5, 5.41) is 32.2. The van der Waals surface area contributed by atoms with E-state index >= 15 is 19.2 Å². The Labute approximate surface area is 527 Å². The molecule has 8 heterocycles. The molecule has 12 aromatic rings. The highest BCUT2D eigenvalue weighted by Gasteiger charge is 2.81. The van der Waals surface area contributed by atoms with Crippen molar-refractivity contribution in [3.63, 3.8) is 0 Å². The summed E-state index contributed by atoms with van der Waals surface area (Å²) < 4.78 is 28.2. The van der Waals surface area contributed by atoms with Crippen molar-refractivity contribution < 1.29 is 48.3 Å². The van der Waals surface area contributed by atoms with Crippen LogP contribution < -0.4 is 18.9 Å². The number of benzene rings is 8. The number of aromatic nitrogens is 4. The molecule has 2 fully saturated rings. The molecule has 4 aromatic heterocycles. The molecule has 6 aliphatic rings. The van der Waals surface area contributed by atoms with Crippen LogP contribution in [-0.2, 0) is 0 Å². The number of ketones is 4. The molecule has 4 aliphatic heterocycles. The SMILES string of the molecule is C[C@]1(O)C[C@H](c2ccccn2)[C@]2(Oc3c(ccc4ccccc34)C2=O)[C@H](c2ccccn2)[C@]12Oc1c(ccc3ccccc13)C2=O.C[C@]1(O)C[C@H](c2ccccn2)[C@]2(Oc3c(ccc4ccccc34)C2=O)[C@H](c2ccccn2)[C@]12Oc1c(ccc3ccccc13)C2=O. The van der Waals surface area contributed by atoms with E-state index < -0.39 is 68.8 Å². The highest BCUT2D eigenvalue weighted by Crippen LogP contribution is 2.68. The zero-order chi connectivity index (χ0) is 62.5. The third-order valence-electron chi connectivity index (χ3n) is 20.5. The number of ether oxygens (including phenoxy) is 4. The van der Waals surface area contributed by atoms with E-state index in [4.69, 9.17) is 38.9 Å². The van der Waals surface area contributed by atoms with Crippen molar-refractivity contribution in [2.45, 2.75) is 84.0 Å². The molecule has 0 bridgehead atoms. The fourth-order valence-corrected chi connectivity index (χ4v) is 16.5. The molecule has 0 unspecified atom stereocenters. The van der Waals surface area contributed by atoms with Gasteiger partial charge in [0.25, 0.3) is 0 Å². The van der Waals surface area contributed by atoms with Crippen molar-refractivity contribution in [3.8, 4) is 23.0 Å². The van der Waals surface area contributed by atoms with E-state index in [2.05, 4.69) is 0 Å². The monoisotopic (exact) mass is 1210 g/mol. The van der Waals surface area contributed by atoms with Crippen LogP contribution in [0.5, 0.6) is 23.0 Å². The molecule has 0 amide bonds. The van der Waals surface area contributed by atoms with Gasteiger partial charge in [-0.05, 0) is 121 Å². The Morgan fingerprint density at radius 1 is 0.326 bits per heavy atom. The van der Waals surface area contributed by atoms with Crippen LogP contribution in [0.25, 0.3) is 43.1 Å². The zero-order valence-corrected chi connectivity index (χ0v) is 49.8. The first-order valence-electron chi connectivity index (χ1n) is 30.8. The van der Waals surface area contributed by atoms with Gasteiger partial charge in [0.1, 0.15) is 34.2 Å². The first-order valence-corrected chi connectivity index (χ1v) is 30.8. The molecule has 2 aliphatic carbocycles. The Kier molecular flexibility index (Phi) is 11.9. The summed E-state index contributed by atoms with van der Waals surface area (Å²) in [4.78, 5) is 79.7. The molecule has 2 saturated carbocycles. The molecule has 18 rings (SSSR count). The summed E-state index contributed by atoms with van der Waals surface area (Å²) >= 11 is 0. The maximum absolute atomic E-state index is 15.3. The number of rotatable bonds is 4. The molecular formula is C78H56N4O10. The van der Waals surface area contributed by atoms with Gasteiger partial charge in [0, 0.05) is 57.7 Å². The quantitative estimate of drug-likeness (QED) is 0.169. The van der Waals surface area contributed by atoms with Crippen molar-refractivity contribution in [3.05, 3.63) is 288 Å². The van der Waals surface area contributed by atoms with E-state index in [0.717, 1.165) is 43.1 Å². The van der Waals surface area contributed by atoms with Gasteiger partial charge in [0.05, 0.1) is 57.3 Å². The summed E-state index contributed by atoms with van der Waals surface area (Å²) in [7, 11) is 0. The van der Waals surface area contributed by atoms with Gasteiger partial charge >= 0.3 is 0 Å². The smallest absolute Gasteiger partial charge is 0.214 e. The summed E-state index contributed by atoms with van der Waals surface area (Å²) in [5.41, 5.74) is -7.56. The third-order valence-corrected chi connectivity index (χ3v) is 20.5. The molecule has 4 spiro atoms. The lowest BCUT2D eigenvalue weighted by Gasteiger charge is -2.57. The fourth-order valence-electron chi connectivity index (χ4n) is 16.5. The maximum Gasteiger partial charge on any atom is 0.214 e. The average Bonchev–Trinajstić information content (AvgIpc) is 1.42. The van der Waals surface area contributed by atoms with Gasteiger partial charge in [-0.3, -0.25) is 39.1 Å². The second-order valence-electron chi connectivity index (χ2n) is 25.4. The molecule has 92 heavy (non-hydrogen) atoms. The van der Waals surface area contributed by atoms with Gasteiger partial charge in [-0.2, -0.15) is 0 Å². The Balaban J connectivity index is 0.000000141. The van der Waals surface area contributed by atoms with Gasteiger partial charge in [-0.25, -0.2) is 0 Å². The predicted octanol–water partition coefficient (Wildman–Crippen LogP) is 13.7. The lowest BCUT2D eigenvalue weighted by molar-refractivity contribution is -0.173. The Morgan fingerprint density at radius 2 is 0.598 bits per heavy atom. The summed E-state index contributed by atoms with van der Waals surface area (Å²) in [6.07, 6.45) is 6.50. The van der Waals surface area contributed by atoms with E-state index in [1.165, 1.54) is 0 Å². The van der Waals surface area contributed by atoms with Crippen molar-refractivity contribution in [1.29, 1.82) is 0 Å². The number of hydrogen-bond donors (Lipinski definition) is 2. The van der Waals surface area contributed by atoms with Crippen molar-refractivity contribution in [1.82, 2.24) is 19.9 Å². The minimum absolute atomic E-state index is 0.0390. The number of hydrogen-bond acceptors (Lipinski definition) is 14. The van der Waals surface area contributed by atoms with E-state index in [1.54, 1.807) is 99.3 Å². The van der Waals surface area contributed by atoms with Crippen LogP contribution in [-0.4, -0.2) is 86.9 Å². The summed E-state index contributed by atoms with van der Waals surface area (Å²) in [6, 6.07) is 67.2. The molecular weight excluding hydrogens is 1150 g/mol. The number of Topliss-reactive ketones (excluding diaryl/α,β-unsaturated/α-hetero) is 4. The lowest BCUT2D eigenvalue weighted by atomic mass is 9.51. The molecule has 448 valence electrons. The third kappa shape index (κ3) is 7.32. The second-order valence-corrected chi connectivity index (χ2v) is 25.4. The van der Waals surface area contributed by atoms with E-state index in [9.17, 15) is 10.2 Å². The van der Waals surface area contributed by atoms with Crippen LogP contribution in [0.2, 0.25) is 0 Å². The van der Waals surface area contributed by atoms with Crippen LogP contribution in [0, 0.1) is 0 Å². The van der Waals surface area contributed by atoms with Gasteiger partial charge in [0.15, 0.2) is 11.2 Å². The number of pyridine rings is 4. The standard InChI is InChI=1S/2C39H28N2O5/c2*1-37(44)22-29(30-14-6-8-20-40-30)38(35(42)27-18-16-23-10-2-4-12-25(23)32(27)45-38)34(31-15-7-9-21-41-31)39(37)36(43)28-19-17-24-11-3-5-13-26(24)33(28)46-39/h2*2-21,29,34,44H,22H2,1H3/t2*29-,34+,37+,38+,39-/m11/s1. The zero-order valence-electron chi connectivity index (χ0n) is 49.8. The van der Waals surface area contributed by atoms with Crippen LogP contribution in [0.3, 0.4) is 0 Å². The minimum atomic E-state index is -1.97. The van der Waals surface area contributed by atoms with Crippen molar-refractivity contribution in [2.24, 2.45) is 0 Å². The van der Waals surface area contributed by atoms with E-state index in [-0.39, 0.29) is 24.4 Å². The highest BCUT2D eigenvalue weighted by atomic mass is 16.6. The van der Waals surface area contributed by atoms with Gasteiger partial charge < -0.3 is 29.2 Å². The topological polar surface area (TPSA) is 197 Å². The van der Waals surface area contributed by atoms with Gasteiger partial charge in [-0.1, -0.05) is 146 Å². The number of carbonyl (C=O) groups excluding carboxylic acids is 4. The molecule has 0 saturated heterocycles. The minimum Gasteiger partial charge on any atom is -0.476 e. The fraction of sp³-hybridized carbons (Fsp3) is 0.179. The van der Waals surface area contributed by atoms with Crippen molar-refractivity contribution >= 4 is 66.2 Å². The predicted molar refractivity (Wildman–Crippen MR) is 345 cm³/mol. The normalized spacial score (nSPS) is 28.0. The Bertz CT molecular complexity index is 4790. The molecule has 8 aromatic carbocycles. The second kappa shape index (κ2) is 19.8. The largest absolute Gasteiger partial charge is 0.476 e. The Morgan fingerprint density at radius 3 is 0.902 bits per heavy atom. The maximum atomic E-state index is 15.3. The number of aliphatic hydroxyl groups is 2. The molecule has 14 heteroatoms. The molecule has 0 radical (unpaired) electrons. The van der Waals surface area contributed by atoms with E-state index in [1.807, 2.05) is 158 Å². The van der Waals surface area contributed by atoms with Crippen molar-refractivity contribution in [2.75, 3.05) is 0 Å². The van der Waals surface area contributed by atoms with Gasteiger partial charge in [0.2, 0.25) is 34.3 Å². The van der Waals surface area contributed by atoms with Crippen LogP contribution in [0.15, 0.2) is 243 Å². The van der Waals surface area contributed by atoms with Gasteiger partial charge in [-0.15, -0.1) is 0 Å². The number of fused-ring (bicyclic) bond motifs is 12. The lowest BCUT2D eigenvalue weighted by Crippen LogP contribution is -2.75. The summed E-state index contributed by atoms with van der Waals surface area (Å²) in [6.45, 7) is 3.25. The molecule has 14 nitrogen and oxygen atoms in total. The van der Waals surface area contributed by atoms with Crippen LogP contribution >= 0.6 is 0 Å². The van der Waals surface area contributed by atoms with Crippen LogP contribution in [0.4, 0.5) is 0 Å². The first kappa shape index (κ1) is 55.3. The molecule has 10 atom stereocenters. The first-order chi connectivity index (χ1) is 44.7. The Hall–Kier alpha value is -10.8. The van der Waals surface area contributed by atoms with E-state index in [0.29, 0.717) is 68.0 Å².